The Kier molecular flexibility index (Phi) is 2.90. The molecule has 0 aliphatic heterocycles. The van der Waals surface area contributed by atoms with Gasteiger partial charge in [-0.1, -0.05) is 6.08 Å². The van der Waals surface area contributed by atoms with E-state index in [0.717, 1.165) is 12.7 Å². The van der Waals surface area contributed by atoms with Crippen molar-refractivity contribution in [3.63, 3.8) is 0 Å². The van der Waals surface area contributed by atoms with Gasteiger partial charge >= 0.3 is 0 Å². The second kappa shape index (κ2) is 4.01. The van der Waals surface area contributed by atoms with Crippen molar-refractivity contribution in [1.82, 2.24) is 0 Å². The Hall–Kier alpha value is -0.890. The van der Waals surface area contributed by atoms with Gasteiger partial charge in [0.2, 0.25) is 0 Å². The zero-order valence-corrected chi connectivity index (χ0v) is 6.30. The van der Waals surface area contributed by atoms with Gasteiger partial charge in [-0.2, -0.15) is 11.3 Å². The van der Waals surface area contributed by atoms with Crippen molar-refractivity contribution in [2.24, 2.45) is 0 Å². The fraction of sp³-hybridized carbons (Fsp3) is 0.125. The molecule has 1 aromatic rings. The molecule has 0 N–H and O–H groups in total. The highest BCUT2D eigenvalue weighted by molar-refractivity contribution is 7.07. The molecule has 0 saturated carbocycles. The second-order valence-electron chi connectivity index (χ2n) is 1.90. The zero-order chi connectivity index (χ0) is 7.23. The standard InChI is InChI=1S/C8H8OS/c9-5-2-1-3-8-4-6-10-7-8/h1-2,4-7H,3H2/b2-1+. The van der Waals surface area contributed by atoms with Crippen molar-refractivity contribution in [1.29, 1.82) is 0 Å². The molecule has 1 nitrogen and oxygen atoms in total. The summed E-state index contributed by atoms with van der Waals surface area (Å²) >= 11 is 1.68. The topological polar surface area (TPSA) is 17.1 Å². The first-order valence-electron chi connectivity index (χ1n) is 3.05. The monoisotopic (exact) mass is 152 g/mol. The molecular weight excluding hydrogens is 144 g/mol. The summed E-state index contributed by atoms with van der Waals surface area (Å²) in [6, 6.07) is 2.06. The van der Waals surface area contributed by atoms with Gasteiger partial charge in [0.25, 0.3) is 0 Å². The minimum absolute atomic E-state index is 0.798. The Bertz CT molecular complexity index is 211. The number of hydrogen-bond donors (Lipinski definition) is 0. The smallest absolute Gasteiger partial charge is 0.142 e. The third-order valence-electron chi connectivity index (χ3n) is 1.15. The van der Waals surface area contributed by atoms with E-state index >= 15 is 0 Å². The van der Waals surface area contributed by atoms with E-state index in [0.29, 0.717) is 0 Å². The van der Waals surface area contributed by atoms with Crippen LogP contribution in [0, 0.1) is 0 Å². The normalized spacial score (nSPS) is 10.4. The summed E-state index contributed by atoms with van der Waals surface area (Å²) in [6.07, 6.45) is 5.04. The predicted octanol–water partition coefficient (Wildman–Crippen LogP) is 2.05. The first kappa shape index (κ1) is 7.22. The maximum absolute atomic E-state index is 9.85. The van der Waals surface area contributed by atoms with Crippen molar-refractivity contribution in [3.8, 4) is 0 Å². The fourth-order valence-corrected chi connectivity index (χ4v) is 1.35. The van der Waals surface area contributed by atoms with Crippen molar-refractivity contribution < 1.29 is 4.79 Å². The maximum atomic E-state index is 9.85. The molecule has 0 fully saturated rings. The molecule has 0 atom stereocenters. The van der Waals surface area contributed by atoms with Crippen molar-refractivity contribution in [3.05, 3.63) is 34.5 Å². The number of aldehydes is 1. The van der Waals surface area contributed by atoms with Gasteiger partial charge in [-0.25, -0.2) is 0 Å². The first-order valence-corrected chi connectivity index (χ1v) is 3.99. The molecule has 10 heavy (non-hydrogen) atoms. The molecule has 0 aliphatic carbocycles. The number of hydrogen-bond acceptors (Lipinski definition) is 2. The fourth-order valence-electron chi connectivity index (χ4n) is 0.668. The number of rotatable bonds is 3. The summed E-state index contributed by atoms with van der Waals surface area (Å²) in [5.41, 5.74) is 1.27. The Labute approximate surface area is 64.0 Å². The van der Waals surface area contributed by atoms with E-state index in [9.17, 15) is 4.79 Å². The van der Waals surface area contributed by atoms with Gasteiger partial charge < -0.3 is 0 Å². The molecule has 1 aromatic heterocycles. The molecule has 1 heterocycles. The lowest BCUT2D eigenvalue weighted by atomic mass is 10.2. The van der Waals surface area contributed by atoms with Crippen molar-refractivity contribution in [2.45, 2.75) is 6.42 Å². The minimum atomic E-state index is 0.798. The maximum Gasteiger partial charge on any atom is 0.142 e. The van der Waals surface area contributed by atoms with Crippen molar-refractivity contribution in [2.75, 3.05) is 0 Å². The Morgan fingerprint density at radius 2 is 2.50 bits per heavy atom. The second-order valence-corrected chi connectivity index (χ2v) is 2.68. The lowest BCUT2D eigenvalue weighted by Crippen LogP contribution is -1.72. The molecule has 0 amide bonds. The van der Waals surface area contributed by atoms with E-state index < -0.39 is 0 Å². The predicted molar refractivity (Wildman–Crippen MR) is 43.2 cm³/mol. The highest BCUT2D eigenvalue weighted by Gasteiger charge is 1.85. The number of carbonyl (C=O) groups is 1. The van der Waals surface area contributed by atoms with Crippen LogP contribution in [0.3, 0.4) is 0 Å². The van der Waals surface area contributed by atoms with Crippen LogP contribution in [0.15, 0.2) is 29.0 Å². The summed E-state index contributed by atoms with van der Waals surface area (Å²) in [4.78, 5) is 9.85. The highest BCUT2D eigenvalue weighted by atomic mass is 32.1. The SMILES string of the molecule is O=C/C=C/Cc1ccsc1. The lowest BCUT2D eigenvalue weighted by Gasteiger charge is -1.83. The summed E-state index contributed by atoms with van der Waals surface area (Å²) in [6.45, 7) is 0. The van der Waals surface area contributed by atoms with E-state index in [1.807, 2.05) is 11.5 Å². The van der Waals surface area contributed by atoms with Crippen LogP contribution >= 0.6 is 11.3 Å². The van der Waals surface area contributed by atoms with E-state index in [1.54, 1.807) is 11.3 Å². The summed E-state index contributed by atoms with van der Waals surface area (Å²) in [5, 5.41) is 4.11. The van der Waals surface area contributed by atoms with Gasteiger partial charge in [0.1, 0.15) is 6.29 Å². The highest BCUT2D eigenvalue weighted by Crippen LogP contribution is 2.06. The van der Waals surface area contributed by atoms with E-state index in [4.69, 9.17) is 0 Å². The molecule has 0 aliphatic rings. The van der Waals surface area contributed by atoms with Crippen LogP contribution in [-0.2, 0) is 11.2 Å². The molecule has 0 saturated heterocycles. The molecule has 1 rings (SSSR count). The Morgan fingerprint density at radius 3 is 3.10 bits per heavy atom. The molecule has 0 radical (unpaired) electrons. The molecule has 0 spiro atoms. The largest absolute Gasteiger partial charge is 0.299 e. The molecule has 0 unspecified atom stereocenters. The van der Waals surface area contributed by atoms with E-state index in [2.05, 4.69) is 11.4 Å². The van der Waals surface area contributed by atoms with Gasteiger partial charge in [-0.15, -0.1) is 0 Å². The molecule has 0 bridgehead atoms. The molecule has 52 valence electrons. The van der Waals surface area contributed by atoms with Gasteiger partial charge in [-0.05, 0) is 34.9 Å². The molecule has 0 aromatic carbocycles. The minimum Gasteiger partial charge on any atom is -0.299 e. The summed E-state index contributed by atoms with van der Waals surface area (Å²) < 4.78 is 0. The Balaban J connectivity index is 2.41. The van der Waals surface area contributed by atoms with Gasteiger partial charge in [0.05, 0.1) is 0 Å². The van der Waals surface area contributed by atoms with Crippen LogP contribution < -0.4 is 0 Å². The van der Waals surface area contributed by atoms with Crippen molar-refractivity contribution >= 4 is 17.6 Å². The zero-order valence-electron chi connectivity index (χ0n) is 5.49. The van der Waals surface area contributed by atoms with Crippen LogP contribution in [-0.4, -0.2) is 6.29 Å². The summed E-state index contributed by atoms with van der Waals surface area (Å²) in [7, 11) is 0. The lowest BCUT2D eigenvalue weighted by molar-refractivity contribution is -0.104. The molecule has 2 heteroatoms. The number of allylic oxidation sites excluding steroid dienone is 2. The third-order valence-corrected chi connectivity index (χ3v) is 1.88. The average molecular weight is 152 g/mol. The van der Waals surface area contributed by atoms with Gasteiger partial charge in [0, 0.05) is 0 Å². The van der Waals surface area contributed by atoms with Crippen LogP contribution in [0.2, 0.25) is 0 Å². The van der Waals surface area contributed by atoms with Crippen LogP contribution in [0.1, 0.15) is 5.56 Å². The quantitative estimate of drug-likeness (QED) is 0.478. The molecular formula is C8H8OS. The van der Waals surface area contributed by atoms with Crippen LogP contribution in [0.5, 0.6) is 0 Å². The van der Waals surface area contributed by atoms with E-state index in [1.165, 1.54) is 11.6 Å². The van der Waals surface area contributed by atoms with Crippen LogP contribution in [0.4, 0.5) is 0 Å². The average Bonchev–Trinajstić information content (AvgIpc) is 2.41. The van der Waals surface area contributed by atoms with E-state index in [-0.39, 0.29) is 0 Å². The van der Waals surface area contributed by atoms with Gasteiger partial charge in [0.15, 0.2) is 0 Å². The third kappa shape index (κ3) is 2.15. The van der Waals surface area contributed by atoms with Crippen LogP contribution in [0.25, 0.3) is 0 Å². The van der Waals surface area contributed by atoms with Gasteiger partial charge in [-0.3, -0.25) is 4.79 Å². The summed E-state index contributed by atoms with van der Waals surface area (Å²) in [5.74, 6) is 0. The first-order chi connectivity index (χ1) is 4.93. The Morgan fingerprint density at radius 1 is 1.60 bits per heavy atom. The number of thiophene rings is 1. The number of carbonyl (C=O) groups excluding carboxylic acids is 1.